The molecule has 0 N–H and O–H groups in total. The van der Waals surface area contributed by atoms with E-state index in [-0.39, 0.29) is 5.91 Å². The number of hydrogen-bond donors (Lipinski definition) is 0. The summed E-state index contributed by atoms with van der Waals surface area (Å²) in [5.41, 5.74) is 3.94. The van der Waals surface area contributed by atoms with Gasteiger partial charge in [-0.2, -0.15) is 5.10 Å². The number of fused-ring (bicyclic) bond motifs is 1. The number of likely N-dealkylation sites (tertiary alicyclic amines) is 1. The number of unbranched alkanes of at least 4 members (excludes halogenated alkanes) is 2. The predicted octanol–water partition coefficient (Wildman–Crippen LogP) is 4.39. The van der Waals surface area contributed by atoms with Gasteiger partial charge in [-0.25, -0.2) is 9.50 Å². The fourth-order valence-electron chi connectivity index (χ4n) is 3.72. The minimum atomic E-state index is 0.262. The van der Waals surface area contributed by atoms with Crippen molar-refractivity contribution < 1.29 is 4.79 Å². The van der Waals surface area contributed by atoms with Crippen LogP contribution in [0.1, 0.15) is 69.2 Å². The topological polar surface area (TPSA) is 50.5 Å². The second kappa shape index (κ2) is 8.47. The standard InChI is InChI=1S/C21H30N4O/c1-4-6-7-8-10-18-12-22-21-19(16(3)23-25(21)14-18)15-24-13-17(9-5-2)11-20(24)26/h8,10,12,14,17H,4-7,9,11,13,15H2,1-3H3/b10-8+. The molecule has 1 atom stereocenters. The Balaban J connectivity index is 1.76. The van der Waals surface area contributed by atoms with Gasteiger partial charge in [0.15, 0.2) is 5.65 Å². The Hall–Kier alpha value is -2.17. The zero-order valence-electron chi connectivity index (χ0n) is 16.2. The van der Waals surface area contributed by atoms with Crippen LogP contribution in [0.3, 0.4) is 0 Å². The molecule has 0 saturated carbocycles. The molecule has 5 nitrogen and oxygen atoms in total. The first-order chi connectivity index (χ1) is 12.6. The SMILES string of the molecule is CCCC/C=C/c1cnc2c(CN3CC(CCC)CC3=O)c(C)nn2c1. The smallest absolute Gasteiger partial charge is 0.223 e. The molecule has 1 amide bonds. The minimum absolute atomic E-state index is 0.262. The summed E-state index contributed by atoms with van der Waals surface area (Å²) in [5.74, 6) is 0.764. The van der Waals surface area contributed by atoms with Gasteiger partial charge in [0.05, 0.1) is 12.2 Å². The van der Waals surface area contributed by atoms with Gasteiger partial charge in [-0.1, -0.05) is 45.3 Å². The van der Waals surface area contributed by atoms with Gasteiger partial charge in [-0.15, -0.1) is 0 Å². The van der Waals surface area contributed by atoms with Crippen molar-refractivity contribution in [3.8, 4) is 0 Å². The molecular weight excluding hydrogens is 324 g/mol. The normalized spacial score (nSPS) is 17.9. The molecule has 0 radical (unpaired) electrons. The number of aryl methyl sites for hydroxylation is 1. The van der Waals surface area contributed by atoms with Crippen molar-refractivity contribution >= 4 is 17.6 Å². The molecule has 3 rings (SSSR count). The Morgan fingerprint density at radius 2 is 2.15 bits per heavy atom. The summed E-state index contributed by atoms with van der Waals surface area (Å²) in [6, 6.07) is 0. The van der Waals surface area contributed by atoms with Gasteiger partial charge in [0.25, 0.3) is 0 Å². The molecular formula is C21H30N4O. The summed E-state index contributed by atoms with van der Waals surface area (Å²) in [7, 11) is 0. The summed E-state index contributed by atoms with van der Waals surface area (Å²) in [6.45, 7) is 7.87. The minimum Gasteiger partial charge on any atom is -0.338 e. The molecule has 2 aromatic rings. The first kappa shape index (κ1) is 18.6. The third-order valence-electron chi connectivity index (χ3n) is 5.16. The quantitative estimate of drug-likeness (QED) is 0.661. The van der Waals surface area contributed by atoms with Crippen LogP contribution in [0.5, 0.6) is 0 Å². The number of carbonyl (C=O) groups is 1. The molecule has 1 aliphatic rings. The molecule has 1 unspecified atom stereocenters. The summed E-state index contributed by atoms with van der Waals surface area (Å²) in [6.07, 6.45) is 14.7. The van der Waals surface area contributed by atoms with Crippen molar-refractivity contribution in [3.05, 3.63) is 35.3 Å². The van der Waals surface area contributed by atoms with Crippen molar-refractivity contribution in [2.75, 3.05) is 6.54 Å². The first-order valence-corrected chi connectivity index (χ1v) is 9.90. The molecule has 0 bridgehead atoms. The summed E-state index contributed by atoms with van der Waals surface area (Å²) in [4.78, 5) is 18.9. The predicted molar refractivity (Wildman–Crippen MR) is 105 cm³/mol. The van der Waals surface area contributed by atoms with Gasteiger partial charge in [0.2, 0.25) is 5.91 Å². The monoisotopic (exact) mass is 354 g/mol. The molecule has 1 saturated heterocycles. The second-order valence-corrected chi connectivity index (χ2v) is 7.40. The zero-order chi connectivity index (χ0) is 18.5. The van der Waals surface area contributed by atoms with Gasteiger partial charge < -0.3 is 4.90 Å². The lowest BCUT2D eigenvalue weighted by Crippen LogP contribution is -2.25. The summed E-state index contributed by atoms with van der Waals surface area (Å²) >= 11 is 0. The van der Waals surface area contributed by atoms with E-state index in [1.165, 1.54) is 12.8 Å². The lowest BCUT2D eigenvalue weighted by molar-refractivity contribution is -0.128. The van der Waals surface area contributed by atoms with E-state index in [0.717, 1.165) is 48.3 Å². The van der Waals surface area contributed by atoms with Crippen molar-refractivity contribution in [2.24, 2.45) is 5.92 Å². The van der Waals surface area contributed by atoms with E-state index in [9.17, 15) is 4.79 Å². The van der Waals surface area contributed by atoms with Gasteiger partial charge in [-0.3, -0.25) is 4.79 Å². The molecule has 1 aliphatic heterocycles. The van der Waals surface area contributed by atoms with Crippen LogP contribution >= 0.6 is 0 Å². The molecule has 0 aromatic carbocycles. The van der Waals surface area contributed by atoms with Crippen LogP contribution < -0.4 is 0 Å². The number of hydrogen-bond acceptors (Lipinski definition) is 3. The Kier molecular flexibility index (Phi) is 6.07. The number of allylic oxidation sites excluding steroid dienone is 1. The van der Waals surface area contributed by atoms with Crippen molar-refractivity contribution in [1.29, 1.82) is 0 Å². The van der Waals surface area contributed by atoms with E-state index in [2.05, 4.69) is 36.1 Å². The lowest BCUT2D eigenvalue weighted by Gasteiger charge is -2.16. The van der Waals surface area contributed by atoms with Crippen LogP contribution in [0.4, 0.5) is 0 Å². The average molecular weight is 354 g/mol. The summed E-state index contributed by atoms with van der Waals surface area (Å²) in [5, 5.41) is 4.62. The highest BCUT2D eigenvalue weighted by Crippen LogP contribution is 2.25. The Morgan fingerprint density at radius 3 is 2.92 bits per heavy atom. The van der Waals surface area contributed by atoms with Crippen LogP contribution in [0, 0.1) is 12.8 Å². The number of aromatic nitrogens is 3. The number of rotatable bonds is 8. The van der Waals surface area contributed by atoms with E-state index in [4.69, 9.17) is 0 Å². The maximum absolute atomic E-state index is 12.3. The van der Waals surface area contributed by atoms with Crippen molar-refractivity contribution in [1.82, 2.24) is 19.5 Å². The van der Waals surface area contributed by atoms with E-state index >= 15 is 0 Å². The summed E-state index contributed by atoms with van der Waals surface area (Å²) < 4.78 is 1.86. The average Bonchev–Trinajstić information content (AvgIpc) is 3.12. The highest BCUT2D eigenvalue weighted by Gasteiger charge is 2.30. The molecule has 26 heavy (non-hydrogen) atoms. The van der Waals surface area contributed by atoms with Crippen LogP contribution in [0.15, 0.2) is 18.5 Å². The van der Waals surface area contributed by atoms with Gasteiger partial charge in [-0.05, 0) is 25.7 Å². The van der Waals surface area contributed by atoms with Gasteiger partial charge in [0, 0.05) is 36.5 Å². The van der Waals surface area contributed by atoms with E-state index in [1.54, 1.807) is 0 Å². The Bertz CT molecular complexity index is 793. The molecule has 3 heterocycles. The largest absolute Gasteiger partial charge is 0.338 e. The number of amides is 1. The molecule has 0 spiro atoms. The van der Waals surface area contributed by atoms with Crippen LogP contribution in [-0.4, -0.2) is 31.9 Å². The van der Waals surface area contributed by atoms with E-state index < -0.39 is 0 Å². The molecule has 5 heteroatoms. The van der Waals surface area contributed by atoms with Crippen LogP contribution in [0.25, 0.3) is 11.7 Å². The zero-order valence-corrected chi connectivity index (χ0v) is 16.2. The fourth-order valence-corrected chi connectivity index (χ4v) is 3.72. The molecule has 2 aromatic heterocycles. The lowest BCUT2D eigenvalue weighted by atomic mass is 10.0. The Labute approximate surface area is 156 Å². The number of carbonyl (C=O) groups excluding carboxylic acids is 1. The fraction of sp³-hybridized carbons (Fsp3) is 0.571. The maximum atomic E-state index is 12.3. The van der Waals surface area contributed by atoms with Crippen molar-refractivity contribution in [3.63, 3.8) is 0 Å². The third kappa shape index (κ3) is 4.14. The van der Waals surface area contributed by atoms with Crippen LogP contribution in [-0.2, 0) is 11.3 Å². The first-order valence-electron chi connectivity index (χ1n) is 9.90. The highest BCUT2D eigenvalue weighted by molar-refractivity contribution is 5.79. The van der Waals surface area contributed by atoms with Gasteiger partial charge in [0.1, 0.15) is 0 Å². The Morgan fingerprint density at radius 1 is 1.31 bits per heavy atom. The van der Waals surface area contributed by atoms with Crippen molar-refractivity contribution in [2.45, 2.75) is 65.8 Å². The van der Waals surface area contributed by atoms with E-state index in [1.807, 2.05) is 28.7 Å². The second-order valence-electron chi connectivity index (χ2n) is 7.40. The van der Waals surface area contributed by atoms with E-state index in [0.29, 0.717) is 18.9 Å². The molecule has 1 fully saturated rings. The van der Waals surface area contributed by atoms with Crippen LogP contribution in [0.2, 0.25) is 0 Å². The maximum Gasteiger partial charge on any atom is 0.223 e. The number of nitrogens with zero attached hydrogens (tertiary/aromatic N) is 4. The third-order valence-corrected chi connectivity index (χ3v) is 5.16. The highest BCUT2D eigenvalue weighted by atomic mass is 16.2. The van der Waals surface area contributed by atoms with Gasteiger partial charge >= 0.3 is 0 Å². The molecule has 0 aliphatic carbocycles. The molecule has 140 valence electrons.